The van der Waals surface area contributed by atoms with Gasteiger partial charge in [0.05, 0.1) is 28.3 Å². The van der Waals surface area contributed by atoms with Crippen LogP contribution in [0.15, 0.2) is 35.8 Å². The third-order valence-electron chi connectivity index (χ3n) is 5.93. The predicted octanol–water partition coefficient (Wildman–Crippen LogP) is 5.14. The van der Waals surface area contributed by atoms with Crippen molar-refractivity contribution in [3.8, 4) is 11.4 Å². The van der Waals surface area contributed by atoms with E-state index in [0.29, 0.717) is 0 Å². The number of rotatable bonds is 6. The molecule has 0 bridgehead atoms. The Morgan fingerprint density at radius 1 is 1.17 bits per heavy atom. The molecule has 0 atom stereocenters. The number of hydrogen-bond donors (Lipinski definition) is 2. The van der Waals surface area contributed by atoms with Gasteiger partial charge in [0.1, 0.15) is 5.69 Å². The monoisotopic (exact) mass is 439 g/mol. The van der Waals surface area contributed by atoms with Gasteiger partial charge in [-0.2, -0.15) is 0 Å². The van der Waals surface area contributed by atoms with Crippen molar-refractivity contribution in [2.75, 3.05) is 36.9 Å². The molecule has 1 fully saturated rings. The largest absolute Gasteiger partial charge is 0.361 e. The quantitative estimate of drug-likeness (QED) is 0.557. The summed E-state index contributed by atoms with van der Waals surface area (Å²) in [5, 5.41) is 10.8. The smallest absolute Gasteiger partial charge is 0.183 e. The fourth-order valence-electron chi connectivity index (χ4n) is 3.98. The number of benzene rings is 1. The van der Waals surface area contributed by atoms with E-state index in [2.05, 4.69) is 40.1 Å². The minimum Gasteiger partial charge on any atom is -0.361 e. The average molecular weight is 440 g/mol. The Bertz CT molecular complexity index is 1030. The van der Waals surface area contributed by atoms with Crippen LogP contribution < -0.4 is 15.5 Å². The number of halogens is 1. The zero-order chi connectivity index (χ0) is 20.5. The van der Waals surface area contributed by atoms with Gasteiger partial charge in [-0.15, -0.1) is 11.3 Å². The number of nitrogens with one attached hydrogen (secondary N) is 2. The highest BCUT2D eigenvalue weighted by molar-refractivity contribution is 7.14. The van der Waals surface area contributed by atoms with E-state index in [-0.39, 0.29) is 0 Å². The van der Waals surface area contributed by atoms with Crippen molar-refractivity contribution in [3.05, 3.63) is 52.0 Å². The highest BCUT2D eigenvalue weighted by Gasteiger charge is 2.21. The minimum atomic E-state index is 0.785. The molecule has 0 saturated heterocycles. The van der Waals surface area contributed by atoms with Crippen molar-refractivity contribution >= 4 is 39.4 Å². The highest BCUT2D eigenvalue weighted by Crippen LogP contribution is 2.37. The van der Waals surface area contributed by atoms with Crippen LogP contribution in [0.1, 0.15) is 24.0 Å². The Labute approximate surface area is 186 Å². The first-order valence-electron chi connectivity index (χ1n) is 10.6. The number of hydrogen-bond acceptors (Lipinski definition) is 6. The number of thiazole rings is 1. The molecular formula is C23H26ClN5S. The third kappa shape index (κ3) is 4.17. The number of fused-ring (bicyclic) bond motifs is 1. The van der Waals surface area contributed by atoms with Gasteiger partial charge < -0.3 is 15.5 Å². The zero-order valence-corrected chi connectivity index (χ0v) is 18.7. The average Bonchev–Trinajstić information content (AvgIpc) is 3.53. The van der Waals surface area contributed by atoms with Gasteiger partial charge in [-0.1, -0.05) is 17.7 Å². The summed E-state index contributed by atoms with van der Waals surface area (Å²) >= 11 is 8.29. The number of pyridine rings is 1. The molecule has 0 radical (unpaired) electrons. The molecule has 7 heteroatoms. The lowest BCUT2D eigenvalue weighted by atomic mass is 10.00. The molecular weight excluding hydrogens is 414 g/mol. The van der Waals surface area contributed by atoms with E-state index in [1.54, 1.807) is 11.3 Å². The lowest BCUT2D eigenvalue weighted by Gasteiger charge is -2.25. The molecule has 1 saturated carbocycles. The Morgan fingerprint density at radius 2 is 2.03 bits per heavy atom. The van der Waals surface area contributed by atoms with E-state index in [0.717, 1.165) is 71.3 Å². The summed E-state index contributed by atoms with van der Waals surface area (Å²) in [6.45, 7) is 3.02. The summed E-state index contributed by atoms with van der Waals surface area (Å²) in [4.78, 5) is 11.6. The molecule has 0 unspecified atom stereocenters. The van der Waals surface area contributed by atoms with Crippen LogP contribution in [0.3, 0.4) is 0 Å². The molecule has 3 heterocycles. The molecule has 0 spiro atoms. The molecule has 5 nitrogen and oxygen atoms in total. The summed E-state index contributed by atoms with van der Waals surface area (Å²) in [7, 11) is 2.07. The molecule has 30 heavy (non-hydrogen) atoms. The van der Waals surface area contributed by atoms with Crippen LogP contribution in [0.25, 0.3) is 11.4 Å². The maximum Gasteiger partial charge on any atom is 0.183 e. The molecule has 1 aromatic carbocycles. The lowest BCUT2D eigenvalue weighted by Crippen LogP contribution is -2.17. The second-order valence-corrected chi connectivity index (χ2v) is 9.37. The van der Waals surface area contributed by atoms with Crippen LogP contribution in [0.2, 0.25) is 5.02 Å². The Morgan fingerprint density at radius 3 is 2.83 bits per heavy atom. The summed E-state index contributed by atoms with van der Waals surface area (Å²) < 4.78 is 0. The van der Waals surface area contributed by atoms with Gasteiger partial charge in [0.15, 0.2) is 5.13 Å². The minimum absolute atomic E-state index is 0.785. The Hall–Kier alpha value is -2.15. The Balaban J connectivity index is 1.37. The van der Waals surface area contributed by atoms with E-state index < -0.39 is 0 Å². The van der Waals surface area contributed by atoms with Crippen LogP contribution in [0.4, 0.5) is 16.5 Å². The Kier molecular flexibility index (Phi) is 5.63. The van der Waals surface area contributed by atoms with Crippen molar-refractivity contribution in [2.24, 2.45) is 5.92 Å². The van der Waals surface area contributed by atoms with Gasteiger partial charge in [0.25, 0.3) is 0 Å². The van der Waals surface area contributed by atoms with Crippen molar-refractivity contribution < 1.29 is 0 Å². The van der Waals surface area contributed by atoms with E-state index in [1.807, 2.05) is 18.3 Å². The van der Waals surface area contributed by atoms with E-state index in [9.17, 15) is 0 Å². The van der Waals surface area contributed by atoms with Gasteiger partial charge in [0, 0.05) is 19.0 Å². The van der Waals surface area contributed by atoms with Crippen molar-refractivity contribution in [3.63, 3.8) is 0 Å². The first kappa shape index (κ1) is 19.8. The van der Waals surface area contributed by atoms with Gasteiger partial charge in [0.2, 0.25) is 0 Å². The van der Waals surface area contributed by atoms with Crippen LogP contribution in [-0.2, 0) is 12.8 Å². The van der Waals surface area contributed by atoms with Gasteiger partial charge >= 0.3 is 0 Å². The molecule has 156 valence electrons. The number of anilines is 3. The normalized spacial score (nSPS) is 16.1. The first-order valence-corrected chi connectivity index (χ1v) is 11.9. The van der Waals surface area contributed by atoms with Gasteiger partial charge in [-0.3, -0.25) is 4.98 Å². The van der Waals surface area contributed by atoms with Crippen molar-refractivity contribution in [1.82, 2.24) is 15.3 Å². The number of nitrogens with zero attached hydrogens (tertiary/aromatic N) is 3. The van der Waals surface area contributed by atoms with E-state index in [4.69, 9.17) is 21.6 Å². The molecule has 0 amide bonds. The second kappa shape index (κ2) is 8.53. The van der Waals surface area contributed by atoms with Crippen LogP contribution in [-0.4, -0.2) is 36.6 Å². The first-order chi connectivity index (χ1) is 14.7. The zero-order valence-electron chi connectivity index (χ0n) is 17.1. The fraction of sp³-hybridized carbons (Fsp3) is 0.391. The van der Waals surface area contributed by atoms with Gasteiger partial charge in [-0.05, 0) is 74.0 Å². The molecule has 2 aromatic heterocycles. The predicted molar refractivity (Wildman–Crippen MR) is 126 cm³/mol. The fourth-order valence-corrected chi connectivity index (χ4v) is 5.00. The van der Waals surface area contributed by atoms with E-state index >= 15 is 0 Å². The summed E-state index contributed by atoms with van der Waals surface area (Å²) in [5.41, 5.74) is 6.64. The maximum atomic E-state index is 6.65. The summed E-state index contributed by atoms with van der Waals surface area (Å²) in [6, 6.07) is 8.33. The SMILES string of the molecule is CN(c1ccc(-c2csc(NCC3CC3)n2)nc1)c1c(Cl)ccc2c1CCNCC2. The molecule has 2 aliphatic rings. The van der Waals surface area contributed by atoms with Crippen LogP contribution >= 0.6 is 22.9 Å². The highest BCUT2D eigenvalue weighted by atomic mass is 35.5. The van der Waals surface area contributed by atoms with Crippen molar-refractivity contribution in [1.29, 1.82) is 0 Å². The van der Waals surface area contributed by atoms with Crippen LogP contribution in [0, 0.1) is 5.92 Å². The standard InChI is InChI=1S/C23H26ClN5S/c1-29(22-18-9-11-25-10-8-16(18)4-6-19(22)24)17-5-7-20(26-13-17)21-14-30-23(28-21)27-12-15-2-3-15/h4-7,13-15,25H,2-3,8-12H2,1H3,(H,27,28). The van der Waals surface area contributed by atoms with Gasteiger partial charge in [-0.25, -0.2) is 4.98 Å². The maximum absolute atomic E-state index is 6.65. The molecule has 1 aliphatic carbocycles. The lowest BCUT2D eigenvalue weighted by molar-refractivity contribution is 0.711. The molecule has 2 N–H and O–H groups in total. The third-order valence-corrected chi connectivity index (χ3v) is 7.03. The molecule has 5 rings (SSSR count). The summed E-state index contributed by atoms with van der Waals surface area (Å²) in [6.07, 6.45) is 6.61. The van der Waals surface area contributed by atoms with E-state index in [1.165, 1.54) is 24.0 Å². The number of aromatic nitrogens is 2. The topological polar surface area (TPSA) is 53.1 Å². The second-order valence-electron chi connectivity index (χ2n) is 8.11. The molecule has 1 aliphatic heterocycles. The van der Waals surface area contributed by atoms with Crippen molar-refractivity contribution in [2.45, 2.75) is 25.7 Å². The van der Waals surface area contributed by atoms with Crippen LogP contribution in [0.5, 0.6) is 0 Å². The molecule has 3 aromatic rings. The summed E-state index contributed by atoms with van der Waals surface area (Å²) in [5.74, 6) is 0.834.